The van der Waals surface area contributed by atoms with Crippen LogP contribution >= 0.6 is 0 Å². The zero-order chi connectivity index (χ0) is 20.7. The summed E-state index contributed by atoms with van der Waals surface area (Å²) >= 11 is 0. The van der Waals surface area contributed by atoms with Gasteiger partial charge >= 0.3 is 6.18 Å². The summed E-state index contributed by atoms with van der Waals surface area (Å²) in [6, 6.07) is 6.49. The Morgan fingerprint density at radius 2 is 1.53 bits per heavy atom. The minimum atomic E-state index is -4.37. The molecule has 3 aromatic rings. The molecule has 0 bridgehead atoms. The highest BCUT2D eigenvalue weighted by Gasteiger charge is 2.31. The van der Waals surface area contributed by atoms with Crippen LogP contribution in [-0.2, 0) is 6.18 Å². The van der Waals surface area contributed by atoms with Gasteiger partial charge in [-0.15, -0.1) is 15.3 Å². The molecule has 2 saturated heterocycles. The number of halogens is 3. The third kappa shape index (κ3) is 3.54. The fourth-order valence-electron chi connectivity index (χ4n) is 4.27. The third-order valence-corrected chi connectivity index (χ3v) is 5.96. The first kappa shape index (κ1) is 19.1. The molecule has 0 radical (unpaired) electrons. The lowest BCUT2D eigenvalue weighted by molar-refractivity contribution is -0.137. The lowest BCUT2D eigenvalue weighted by Crippen LogP contribution is -2.34. The molecule has 2 fully saturated rings. The number of hydrogen-bond acceptors (Lipinski definition) is 6. The van der Waals surface area contributed by atoms with Crippen molar-refractivity contribution in [1.29, 1.82) is 0 Å². The minimum absolute atomic E-state index is 0.201. The molecule has 30 heavy (non-hydrogen) atoms. The summed E-state index contributed by atoms with van der Waals surface area (Å²) in [5, 5.41) is 13.5. The van der Waals surface area contributed by atoms with Crippen molar-refractivity contribution in [1.82, 2.24) is 24.8 Å². The molecule has 5 rings (SSSR count). The maximum Gasteiger partial charge on any atom is 0.417 e. The summed E-state index contributed by atoms with van der Waals surface area (Å²) in [7, 11) is 0. The molecule has 2 aliphatic heterocycles. The lowest BCUT2D eigenvalue weighted by atomic mass is 9.96. The Morgan fingerprint density at radius 3 is 2.20 bits per heavy atom. The molecule has 0 unspecified atom stereocenters. The van der Waals surface area contributed by atoms with Gasteiger partial charge in [-0.1, -0.05) is 0 Å². The van der Waals surface area contributed by atoms with Crippen LogP contribution in [0.2, 0.25) is 0 Å². The molecular formula is C20H22F3N7. The topological polar surface area (TPSA) is 62.5 Å². The Bertz CT molecular complexity index is 1020. The number of piperidine rings is 1. The van der Waals surface area contributed by atoms with Gasteiger partial charge in [-0.25, -0.2) is 4.98 Å². The Morgan fingerprint density at radius 1 is 0.833 bits per heavy atom. The molecule has 0 spiro atoms. The number of nitrogens with zero attached hydrogens (tertiary/aromatic N) is 7. The maximum atomic E-state index is 12.7. The number of fused-ring (bicyclic) bond motifs is 1. The zero-order valence-electron chi connectivity index (χ0n) is 16.4. The molecule has 0 aromatic carbocycles. The van der Waals surface area contributed by atoms with Crippen LogP contribution in [0.1, 0.15) is 43.0 Å². The van der Waals surface area contributed by atoms with Gasteiger partial charge in [0, 0.05) is 38.3 Å². The largest absolute Gasteiger partial charge is 0.417 e. The molecule has 0 saturated carbocycles. The highest BCUT2D eigenvalue weighted by atomic mass is 19.4. The molecule has 0 N–H and O–H groups in total. The summed E-state index contributed by atoms with van der Waals surface area (Å²) in [5.41, 5.74) is 0.00993. The molecule has 0 amide bonds. The number of rotatable bonds is 3. The fourth-order valence-corrected chi connectivity index (χ4v) is 4.27. The highest BCUT2D eigenvalue weighted by molar-refractivity contribution is 5.47. The second kappa shape index (κ2) is 7.41. The van der Waals surface area contributed by atoms with E-state index in [2.05, 4.69) is 20.1 Å². The van der Waals surface area contributed by atoms with Gasteiger partial charge in [-0.05, 0) is 49.9 Å². The maximum absolute atomic E-state index is 12.7. The number of aromatic nitrogens is 5. The molecule has 3 aromatic heterocycles. The normalized spacial score (nSPS) is 18.5. The van der Waals surface area contributed by atoms with E-state index in [0.717, 1.165) is 55.5 Å². The Balaban J connectivity index is 1.30. The SMILES string of the molecule is FC(F)(F)c1ccc(N2CCC(c3nnc4ccc(N5CCCC5)nn34)CC2)nc1. The van der Waals surface area contributed by atoms with Gasteiger partial charge in [0.25, 0.3) is 0 Å². The van der Waals surface area contributed by atoms with Gasteiger partial charge in [0.15, 0.2) is 11.5 Å². The number of hydrogen-bond donors (Lipinski definition) is 0. The van der Waals surface area contributed by atoms with E-state index in [1.165, 1.54) is 18.9 Å². The third-order valence-electron chi connectivity index (χ3n) is 5.96. The standard InChI is InChI=1S/C20H22F3N7/c21-20(22,23)15-3-4-16(24-13-15)29-11-7-14(8-12-29)19-26-25-17-5-6-18(27-30(17)19)28-9-1-2-10-28/h3-6,13-14H,1-2,7-12H2. The number of anilines is 2. The molecule has 7 nitrogen and oxygen atoms in total. The summed E-state index contributed by atoms with van der Waals surface area (Å²) in [4.78, 5) is 8.31. The van der Waals surface area contributed by atoms with Gasteiger partial charge in [-0.3, -0.25) is 0 Å². The summed E-state index contributed by atoms with van der Waals surface area (Å²) in [6.07, 6.45) is 0.542. The predicted octanol–water partition coefficient (Wildman–Crippen LogP) is 3.52. The van der Waals surface area contributed by atoms with Crippen molar-refractivity contribution in [2.45, 2.75) is 37.8 Å². The van der Waals surface area contributed by atoms with E-state index in [9.17, 15) is 13.2 Å². The van der Waals surface area contributed by atoms with Gasteiger partial charge in [0.05, 0.1) is 5.56 Å². The van der Waals surface area contributed by atoms with E-state index in [0.29, 0.717) is 18.9 Å². The summed E-state index contributed by atoms with van der Waals surface area (Å²) in [5.74, 6) is 2.58. The predicted molar refractivity (Wildman–Crippen MR) is 106 cm³/mol. The minimum Gasteiger partial charge on any atom is -0.357 e. The van der Waals surface area contributed by atoms with E-state index in [-0.39, 0.29) is 5.92 Å². The van der Waals surface area contributed by atoms with Crippen LogP contribution in [0.25, 0.3) is 5.65 Å². The van der Waals surface area contributed by atoms with Crippen molar-refractivity contribution in [2.24, 2.45) is 0 Å². The van der Waals surface area contributed by atoms with Crippen LogP contribution < -0.4 is 9.80 Å². The molecule has 158 valence electrons. The van der Waals surface area contributed by atoms with Crippen LogP contribution in [0.3, 0.4) is 0 Å². The highest BCUT2D eigenvalue weighted by Crippen LogP contribution is 2.32. The first-order valence-electron chi connectivity index (χ1n) is 10.2. The molecule has 0 aliphatic carbocycles. The second-order valence-electron chi connectivity index (χ2n) is 7.88. The summed E-state index contributed by atoms with van der Waals surface area (Å²) < 4.78 is 40.1. The molecule has 5 heterocycles. The van der Waals surface area contributed by atoms with Crippen LogP contribution in [-0.4, -0.2) is 51.0 Å². The average molecular weight is 417 g/mol. The van der Waals surface area contributed by atoms with Crippen molar-refractivity contribution in [3.8, 4) is 0 Å². The monoisotopic (exact) mass is 417 g/mol. The van der Waals surface area contributed by atoms with E-state index in [1.807, 2.05) is 21.5 Å². The first-order chi connectivity index (χ1) is 14.5. The van der Waals surface area contributed by atoms with Gasteiger partial charge in [0.2, 0.25) is 0 Å². The van der Waals surface area contributed by atoms with Gasteiger partial charge < -0.3 is 9.80 Å². The van der Waals surface area contributed by atoms with Crippen molar-refractivity contribution in [2.75, 3.05) is 36.0 Å². The molecule has 10 heteroatoms. The van der Waals surface area contributed by atoms with E-state index in [4.69, 9.17) is 5.10 Å². The van der Waals surface area contributed by atoms with Crippen molar-refractivity contribution >= 4 is 17.3 Å². The number of alkyl halides is 3. The van der Waals surface area contributed by atoms with Crippen LogP contribution in [0.15, 0.2) is 30.5 Å². The van der Waals surface area contributed by atoms with E-state index in [1.54, 1.807) is 0 Å². The van der Waals surface area contributed by atoms with Crippen LogP contribution in [0.4, 0.5) is 24.8 Å². The van der Waals surface area contributed by atoms with Gasteiger partial charge in [0.1, 0.15) is 11.6 Å². The average Bonchev–Trinajstić information content (AvgIpc) is 3.43. The number of pyridine rings is 1. The lowest BCUT2D eigenvalue weighted by Gasteiger charge is -2.32. The fraction of sp³-hybridized carbons (Fsp3) is 0.500. The Hall–Kier alpha value is -2.91. The zero-order valence-corrected chi connectivity index (χ0v) is 16.4. The Kier molecular flexibility index (Phi) is 4.71. The van der Waals surface area contributed by atoms with Crippen molar-refractivity contribution < 1.29 is 13.2 Å². The summed E-state index contributed by atoms with van der Waals surface area (Å²) in [6.45, 7) is 3.44. The van der Waals surface area contributed by atoms with Crippen LogP contribution in [0.5, 0.6) is 0 Å². The molecule has 2 aliphatic rings. The second-order valence-corrected chi connectivity index (χ2v) is 7.88. The quantitative estimate of drug-likeness (QED) is 0.650. The van der Waals surface area contributed by atoms with Crippen molar-refractivity contribution in [3.63, 3.8) is 0 Å². The molecular weight excluding hydrogens is 395 g/mol. The smallest absolute Gasteiger partial charge is 0.357 e. The van der Waals surface area contributed by atoms with Crippen molar-refractivity contribution in [3.05, 3.63) is 41.9 Å². The van der Waals surface area contributed by atoms with Crippen LogP contribution in [0, 0.1) is 0 Å². The first-order valence-corrected chi connectivity index (χ1v) is 10.2. The molecule has 0 atom stereocenters. The van der Waals surface area contributed by atoms with E-state index >= 15 is 0 Å². The Labute approximate surface area is 171 Å². The van der Waals surface area contributed by atoms with E-state index < -0.39 is 11.7 Å². The van der Waals surface area contributed by atoms with Gasteiger partial charge in [-0.2, -0.15) is 17.7 Å².